The SMILES string of the molecule is CC(=O)N(Cc1ccsc1)[C@@H]1CC12CCN(C(=O)C1(C#N)CCCC1)CC2. The monoisotopic (exact) mass is 385 g/mol. The van der Waals surface area contributed by atoms with Crippen molar-refractivity contribution in [1.29, 1.82) is 5.26 Å². The second-order valence-corrected chi connectivity index (χ2v) is 9.33. The second kappa shape index (κ2) is 6.94. The first kappa shape index (κ1) is 18.5. The summed E-state index contributed by atoms with van der Waals surface area (Å²) >= 11 is 1.66. The second-order valence-electron chi connectivity index (χ2n) is 8.55. The van der Waals surface area contributed by atoms with Crippen molar-refractivity contribution in [3.63, 3.8) is 0 Å². The maximum Gasteiger partial charge on any atom is 0.243 e. The highest BCUT2D eigenvalue weighted by atomic mass is 32.1. The highest BCUT2D eigenvalue weighted by Crippen LogP contribution is 2.57. The predicted molar refractivity (Wildman–Crippen MR) is 104 cm³/mol. The minimum absolute atomic E-state index is 0.0521. The molecule has 1 spiro atoms. The van der Waals surface area contributed by atoms with Gasteiger partial charge in [0, 0.05) is 32.6 Å². The lowest BCUT2D eigenvalue weighted by molar-refractivity contribution is -0.141. The van der Waals surface area contributed by atoms with Gasteiger partial charge in [0.25, 0.3) is 0 Å². The van der Waals surface area contributed by atoms with Gasteiger partial charge in [-0.3, -0.25) is 9.59 Å². The van der Waals surface area contributed by atoms with Crippen LogP contribution < -0.4 is 0 Å². The molecule has 3 fully saturated rings. The first-order valence-corrected chi connectivity index (χ1v) is 10.9. The maximum absolute atomic E-state index is 13.0. The van der Waals surface area contributed by atoms with E-state index in [1.807, 2.05) is 9.80 Å². The fraction of sp³-hybridized carbons (Fsp3) is 0.667. The number of hydrogen-bond donors (Lipinski definition) is 0. The molecule has 1 atom stereocenters. The average Bonchev–Trinajstić information content (AvgIpc) is 3.08. The lowest BCUT2D eigenvalue weighted by Crippen LogP contribution is -2.47. The molecule has 0 bridgehead atoms. The molecule has 3 aliphatic rings. The molecule has 1 aromatic heterocycles. The molecule has 27 heavy (non-hydrogen) atoms. The summed E-state index contributed by atoms with van der Waals surface area (Å²) in [6, 6.07) is 4.71. The van der Waals surface area contributed by atoms with Gasteiger partial charge in [-0.25, -0.2) is 0 Å². The van der Waals surface area contributed by atoms with Gasteiger partial charge in [-0.15, -0.1) is 0 Å². The lowest BCUT2D eigenvalue weighted by atomic mass is 9.84. The van der Waals surface area contributed by atoms with Crippen LogP contribution in [0.4, 0.5) is 0 Å². The van der Waals surface area contributed by atoms with E-state index in [0.29, 0.717) is 25.4 Å². The third-order valence-electron chi connectivity index (χ3n) is 6.99. The summed E-state index contributed by atoms with van der Waals surface area (Å²) in [6.45, 7) is 3.80. The average molecular weight is 386 g/mol. The largest absolute Gasteiger partial charge is 0.341 e. The van der Waals surface area contributed by atoms with Gasteiger partial charge in [0.15, 0.2) is 0 Å². The first-order valence-electron chi connectivity index (χ1n) is 9.99. The van der Waals surface area contributed by atoms with Crippen molar-refractivity contribution >= 4 is 23.2 Å². The van der Waals surface area contributed by atoms with Gasteiger partial charge in [0.05, 0.1) is 6.07 Å². The van der Waals surface area contributed by atoms with Gasteiger partial charge in [0.1, 0.15) is 5.41 Å². The maximum atomic E-state index is 13.0. The summed E-state index contributed by atoms with van der Waals surface area (Å²) in [7, 11) is 0. The van der Waals surface area contributed by atoms with Crippen molar-refractivity contribution in [3.8, 4) is 6.07 Å². The number of rotatable bonds is 4. The van der Waals surface area contributed by atoms with Crippen LogP contribution in [0.2, 0.25) is 0 Å². The van der Waals surface area contributed by atoms with Crippen LogP contribution in [0, 0.1) is 22.2 Å². The Morgan fingerprint density at radius 3 is 2.56 bits per heavy atom. The van der Waals surface area contributed by atoms with E-state index in [0.717, 1.165) is 45.2 Å². The molecule has 0 unspecified atom stereocenters. The predicted octanol–water partition coefficient (Wildman–Crippen LogP) is 3.56. The minimum atomic E-state index is -0.766. The Kier molecular flexibility index (Phi) is 4.75. The molecule has 0 N–H and O–H groups in total. The van der Waals surface area contributed by atoms with Crippen molar-refractivity contribution in [2.75, 3.05) is 13.1 Å². The van der Waals surface area contributed by atoms with Crippen molar-refractivity contribution in [3.05, 3.63) is 22.4 Å². The van der Waals surface area contributed by atoms with Gasteiger partial charge in [-0.2, -0.15) is 16.6 Å². The third-order valence-corrected chi connectivity index (χ3v) is 7.72. The fourth-order valence-electron chi connectivity index (χ4n) is 5.13. The summed E-state index contributed by atoms with van der Waals surface area (Å²) in [5.41, 5.74) is 0.605. The van der Waals surface area contributed by atoms with Crippen LogP contribution in [-0.2, 0) is 16.1 Å². The Labute approximate surface area is 164 Å². The van der Waals surface area contributed by atoms with Crippen LogP contribution in [0.15, 0.2) is 16.8 Å². The Hall–Kier alpha value is -1.87. The smallest absolute Gasteiger partial charge is 0.243 e. The van der Waals surface area contributed by atoms with E-state index in [4.69, 9.17) is 0 Å². The molecule has 0 aromatic carbocycles. The van der Waals surface area contributed by atoms with Gasteiger partial charge in [0.2, 0.25) is 11.8 Å². The number of hydrogen-bond acceptors (Lipinski definition) is 4. The first-order chi connectivity index (χ1) is 13.0. The number of piperidine rings is 1. The molecule has 2 saturated carbocycles. The third kappa shape index (κ3) is 3.27. The van der Waals surface area contributed by atoms with Crippen LogP contribution in [0.1, 0.15) is 57.4 Å². The Morgan fingerprint density at radius 1 is 1.30 bits per heavy atom. The number of carbonyl (C=O) groups excluding carboxylic acids is 2. The van der Waals surface area contributed by atoms with Gasteiger partial charge in [-0.05, 0) is 59.9 Å². The Morgan fingerprint density at radius 2 is 2.00 bits per heavy atom. The molecular weight excluding hydrogens is 358 g/mol. The van der Waals surface area contributed by atoms with Crippen molar-refractivity contribution < 1.29 is 9.59 Å². The molecule has 2 amide bonds. The zero-order chi connectivity index (χ0) is 19.1. The highest BCUT2D eigenvalue weighted by molar-refractivity contribution is 7.07. The van der Waals surface area contributed by atoms with Gasteiger partial charge in [-0.1, -0.05) is 12.8 Å². The van der Waals surface area contributed by atoms with E-state index in [1.165, 1.54) is 5.56 Å². The van der Waals surface area contributed by atoms with E-state index < -0.39 is 5.41 Å². The molecule has 5 nitrogen and oxygen atoms in total. The van der Waals surface area contributed by atoms with Gasteiger partial charge < -0.3 is 9.80 Å². The fourth-order valence-corrected chi connectivity index (χ4v) is 5.79. The number of amides is 2. The quantitative estimate of drug-likeness (QED) is 0.796. The van der Waals surface area contributed by atoms with Crippen LogP contribution in [-0.4, -0.2) is 40.7 Å². The van der Waals surface area contributed by atoms with E-state index in [-0.39, 0.29) is 17.2 Å². The standard InChI is InChI=1S/C21H27N3O2S/c1-16(25)24(13-17-4-11-27-14-17)18-12-20(18)7-9-23(10-8-20)19(26)21(15-22)5-2-3-6-21/h4,11,14,18H,2-3,5-10,12-13H2,1H3/t18-/m1/s1. The topological polar surface area (TPSA) is 64.4 Å². The van der Waals surface area contributed by atoms with E-state index in [9.17, 15) is 14.9 Å². The van der Waals surface area contributed by atoms with Crippen LogP contribution in [0.25, 0.3) is 0 Å². The normalized spacial score (nSPS) is 25.2. The zero-order valence-corrected chi connectivity index (χ0v) is 16.8. The molecule has 0 radical (unpaired) electrons. The lowest BCUT2D eigenvalue weighted by Gasteiger charge is -2.37. The molecular formula is C21H27N3O2S. The number of nitrogens with zero attached hydrogens (tertiary/aromatic N) is 3. The highest BCUT2D eigenvalue weighted by Gasteiger charge is 2.59. The summed E-state index contributed by atoms with van der Waals surface area (Å²) in [5.74, 6) is 0.187. The number of carbonyl (C=O) groups is 2. The van der Waals surface area contributed by atoms with E-state index in [2.05, 4.69) is 22.9 Å². The Bertz CT molecular complexity index is 753. The summed E-state index contributed by atoms with van der Waals surface area (Å²) in [5, 5.41) is 13.7. The van der Waals surface area contributed by atoms with E-state index >= 15 is 0 Å². The van der Waals surface area contributed by atoms with Crippen molar-refractivity contribution in [1.82, 2.24) is 9.80 Å². The molecule has 4 rings (SSSR count). The zero-order valence-electron chi connectivity index (χ0n) is 15.9. The molecule has 2 heterocycles. The summed E-state index contributed by atoms with van der Waals surface area (Å²) < 4.78 is 0. The number of thiophene rings is 1. The molecule has 1 aliphatic heterocycles. The Balaban J connectivity index is 1.38. The molecule has 1 aromatic rings. The van der Waals surface area contributed by atoms with Crippen LogP contribution >= 0.6 is 11.3 Å². The summed E-state index contributed by atoms with van der Waals surface area (Å²) in [4.78, 5) is 29.1. The van der Waals surface area contributed by atoms with Crippen molar-refractivity contribution in [2.24, 2.45) is 10.8 Å². The van der Waals surface area contributed by atoms with Crippen LogP contribution in [0.5, 0.6) is 0 Å². The molecule has 6 heteroatoms. The van der Waals surface area contributed by atoms with Crippen molar-refractivity contribution in [2.45, 2.75) is 64.5 Å². The minimum Gasteiger partial charge on any atom is -0.341 e. The van der Waals surface area contributed by atoms with Gasteiger partial charge >= 0.3 is 0 Å². The molecule has 1 saturated heterocycles. The molecule has 144 valence electrons. The van der Waals surface area contributed by atoms with E-state index in [1.54, 1.807) is 18.3 Å². The van der Waals surface area contributed by atoms with Crippen LogP contribution in [0.3, 0.4) is 0 Å². The number of nitriles is 1. The summed E-state index contributed by atoms with van der Waals surface area (Å²) in [6.07, 6.45) is 6.32. The molecule has 2 aliphatic carbocycles. The number of likely N-dealkylation sites (tertiary alicyclic amines) is 1.